The van der Waals surface area contributed by atoms with Gasteiger partial charge in [-0.3, -0.25) is 4.79 Å². The van der Waals surface area contributed by atoms with E-state index in [1.165, 1.54) is 5.56 Å². The average Bonchev–Trinajstić information content (AvgIpc) is 3.15. The summed E-state index contributed by atoms with van der Waals surface area (Å²) in [6.07, 6.45) is 4.38. The molecule has 0 aliphatic heterocycles. The number of hydrogen-bond donors (Lipinski definition) is 1. The van der Waals surface area contributed by atoms with Gasteiger partial charge in [-0.25, -0.2) is 4.98 Å². The molecule has 5 heteroatoms. The Hall–Kier alpha value is -2.59. The van der Waals surface area contributed by atoms with E-state index in [-0.39, 0.29) is 11.9 Å². The highest BCUT2D eigenvalue weighted by molar-refractivity contribution is 6.30. The first-order valence-electron chi connectivity index (χ1n) is 9.14. The van der Waals surface area contributed by atoms with E-state index >= 15 is 0 Å². The molecule has 4 nitrogen and oxygen atoms in total. The van der Waals surface area contributed by atoms with E-state index in [2.05, 4.69) is 22.4 Å². The minimum atomic E-state index is 0.0156. The highest BCUT2D eigenvalue weighted by Gasteiger charge is 2.11. The van der Waals surface area contributed by atoms with Crippen LogP contribution in [0.15, 0.2) is 65.2 Å². The van der Waals surface area contributed by atoms with E-state index < -0.39 is 0 Å². The summed E-state index contributed by atoms with van der Waals surface area (Å²) >= 11 is 5.90. The Morgan fingerprint density at radius 3 is 2.59 bits per heavy atom. The van der Waals surface area contributed by atoms with Gasteiger partial charge in [0.25, 0.3) is 0 Å². The lowest BCUT2D eigenvalue weighted by atomic mass is 10.1. The van der Waals surface area contributed by atoms with Gasteiger partial charge in [-0.05, 0) is 49.6 Å². The van der Waals surface area contributed by atoms with Crippen LogP contribution in [0.3, 0.4) is 0 Å². The molecule has 0 saturated heterocycles. The molecule has 0 aliphatic rings. The first-order chi connectivity index (χ1) is 13.1. The molecule has 0 spiro atoms. The third-order valence-electron chi connectivity index (χ3n) is 4.36. The lowest BCUT2D eigenvalue weighted by Crippen LogP contribution is -2.33. The summed E-state index contributed by atoms with van der Waals surface area (Å²) in [5.74, 6) is 1.26. The van der Waals surface area contributed by atoms with Crippen molar-refractivity contribution in [2.45, 2.75) is 38.6 Å². The van der Waals surface area contributed by atoms with Gasteiger partial charge in [0.2, 0.25) is 5.91 Å². The van der Waals surface area contributed by atoms with Crippen molar-refractivity contribution in [3.8, 4) is 11.3 Å². The van der Waals surface area contributed by atoms with Crippen molar-refractivity contribution in [1.29, 1.82) is 0 Å². The van der Waals surface area contributed by atoms with Crippen molar-refractivity contribution < 1.29 is 9.21 Å². The number of aryl methyl sites for hydroxylation is 2. The van der Waals surface area contributed by atoms with Crippen LogP contribution < -0.4 is 5.32 Å². The van der Waals surface area contributed by atoms with Crippen molar-refractivity contribution in [2.24, 2.45) is 0 Å². The second-order valence-corrected chi connectivity index (χ2v) is 7.05. The van der Waals surface area contributed by atoms with Gasteiger partial charge in [0, 0.05) is 29.5 Å². The zero-order chi connectivity index (χ0) is 19.1. The standard InChI is InChI=1S/C22H23ClN2O2/c1-16(7-8-17-5-3-2-4-6-17)25-21(26)13-14-22-24-15-20(27-22)18-9-11-19(23)12-10-18/h2-6,9-12,15-16H,7-8,13-14H2,1H3,(H,25,26)/t16-/m1/s1. The van der Waals surface area contributed by atoms with Gasteiger partial charge in [0.15, 0.2) is 11.7 Å². The molecule has 1 amide bonds. The Bertz CT molecular complexity index is 860. The number of halogens is 1. The fourth-order valence-corrected chi connectivity index (χ4v) is 2.97. The van der Waals surface area contributed by atoms with E-state index in [0.717, 1.165) is 18.4 Å². The fourth-order valence-electron chi connectivity index (χ4n) is 2.84. The van der Waals surface area contributed by atoms with E-state index in [4.69, 9.17) is 16.0 Å². The summed E-state index contributed by atoms with van der Waals surface area (Å²) in [5, 5.41) is 3.72. The zero-order valence-electron chi connectivity index (χ0n) is 15.3. The van der Waals surface area contributed by atoms with Gasteiger partial charge in [-0.15, -0.1) is 0 Å². The molecule has 0 saturated carbocycles. The zero-order valence-corrected chi connectivity index (χ0v) is 16.1. The summed E-state index contributed by atoms with van der Waals surface area (Å²) in [7, 11) is 0. The van der Waals surface area contributed by atoms with Crippen molar-refractivity contribution in [1.82, 2.24) is 10.3 Å². The minimum Gasteiger partial charge on any atom is -0.441 e. The highest BCUT2D eigenvalue weighted by Crippen LogP contribution is 2.22. The number of amides is 1. The summed E-state index contributed by atoms with van der Waals surface area (Å²) < 4.78 is 5.74. The molecule has 140 valence electrons. The van der Waals surface area contributed by atoms with Crippen LogP contribution in [0.4, 0.5) is 0 Å². The molecule has 0 unspecified atom stereocenters. The van der Waals surface area contributed by atoms with Gasteiger partial charge < -0.3 is 9.73 Å². The number of nitrogens with one attached hydrogen (secondary N) is 1. The number of oxazole rings is 1. The maximum Gasteiger partial charge on any atom is 0.220 e. The Morgan fingerprint density at radius 1 is 1.11 bits per heavy atom. The molecular weight excluding hydrogens is 360 g/mol. The summed E-state index contributed by atoms with van der Waals surface area (Å²) in [6.45, 7) is 2.03. The normalized spacial score (nSPS) is 11.9. The second kappa shape index (κ2) is 9.38. The topological polar surface area (TPSA) is 55.1 Å². The van der Waals surface area contributed by atoms with Crippen molar-refractivity contribution in [3.05, 3.63) is 77.3 Å². The van der Waals surface area contributed by atoms with Crippen LogP contribution in [-0.4, -0.2) is 16.9 Å². The van der Waals surface area contributed by atoms with Gasteiger partial charge >= 0.3 is 0 Å². The Balaban J connectivity index is 1.43. The van der Waals surface area contributed by atoms with E-state index in [1.807, 2.05) is 49.4 Å². The molecular formula is C22H23ClN2O2. The van der Waals surface area contributed by atoms with Crippen LogP contribution in [0, 0.1) is 0 Å². The molecule has 27 heavy (non-hydrogen) atoms. The third kappa shape index (κ3) is 5.97. The van der Waals surface area contributed by atoms with Gasteiger partial charge in [0.1, 0.15) is 0 Å². The molecule has 0 bridgehead atoms. The maximum absolute atomic E-state index is 12.2. The molecule has 2 aromatic carbocycles. The highest BCUT2D eigenvalue weighted by atomic mass is 35.5. The number of aromatic nitrogens is 1. The summed E-state index contributed by atoms with van der Waals surface area (Å²) in [4.78, 5) is 16.4. The molecule has 1 N–H and O–H groups in total. The average molecular weight is 383 g/mol. The first kappa shape index (κ1) is 19.2. The van der Waals surface area contributed by atoms with Crippen molar-refractivity contribution in [3.63, 3.8) is 0 Å². The van der Waals surface area contributed by atoms with E-state index in [9.17, 15) is 4.79 Å². The minimum absolute atomic E-state index is 0.0156. The van der Waals surface area contributed by atoms with Gasteiger partial charge in [-0.1, -0.05) is 41.9 Å². The number of hydrogen-bond acceptors (Lipinski definition) is 3. The predicted octanol–water partition coefficient (Wildman–Crippen LogP) is 5.07. The Morgan fingerprint density at radius 2 is 1.85 bits per heavy atom. The third-order valence-corrected chi connectivity index (χ3v) is 4.62. The van der Waals surface area contributed by atoms with Crippen LogP contribution in [0.5, 0.6) is 0 Å². The number of benzene rings is 2. The number of carbonyl (C=O) groups excluding carboxylic acids is 1. The van der Waals surface area contributed by atoms with Crippen LogP contribution in [0.2, 0.25) is 5.02 Å². The summed E-state index contributed by atoms with van der Waals surface area (Å²) in [5.41, 5.74) is 2.20. The van der Waals surface area contributed by atoms with Crippen LogP contribution >= 0.6 is 11.6 Å². The molecule has 0 fully saturated rings. The van der Waals surface area contributed by atoms with Crippen LogP contribution in [-0.2, 0) is 17.6 Å². The molecule has 1 atom stereocenters. The molecule has 0 aliphatic carbocycles. The number of rotatable bonds is 8. The SMILES string of the molecule is C[C@H](CCc1ccccc1)NC(=O)CCc1ncc(-c2ccc(Cl)cc2)o1. The second-order valence-electron chi connectivity index (χ2n) is 6.62. The molecule has 1 heterocycles. The lowest BCUT2D eigenvalue weighted by Gasteiger charge is -2.13. The lowest BCUT2D eigenvalue weighted by molar-refractivity contribution is -0.121. The first-order valence-corrected chi connectivity index (χ1v) is 9.52. The maximum atomic E-state index is 12.2. The molecule has 3 rings (SSSR count). The smallest absolute Gasteiger partial charge is 0.220 e. The molecule has 0 radical (unpaired) electrons. The molecule has 1 aromatic heterocycles. The van der Waals surface area contributed by atoms with Crippen molar-refractivity contribution in [2.75, 3.05) is 0 Å². The quantitative estimate of drug-likeness (QED) is 0.592. The van der Waals surface area contributed by atoms with Crippen molar-refractivity contribution >= 4 is 17.5 Å². The van der Waals surface area contributed by atoms with Gasteiger partial charge in [0.05, 0.1) is 6.20 Å². The van der Waals surface area contributed by atoms with Crippen LogP contribution in [0.25, 0.3) is 11.3 Å². The largest absolute Gasteiger partial charge is 0.441 e. The van der Waals surface area contributed by atoms with Gasteiger partial charge in [-0.2, -0.15) is 0 Å². The number of carbonyl (C=O) groups is 1. The Kier molecular flexibility index (Phi) is 6.66. The summed E-state index contributed by atoms with van der Waals surface area (Å²) in [6, 6.07) is 17.8. The molecule has 3 aromatic rings. The monoisotopic (exact) mass is 382 g/mol. The number of nitrogens with zero attached hydrogens (tertiary/aromatic N) is 1. The Labute approximate surface area is 164 Å². The van der Waals surface area contributed by atoms with E-state index in [0.29, 0.717) is 29.5 Å². The van der Waals surface area contributed by atoms with E-state index in [1.54, 1.807) is 6.20 Å². The predicted molar refractivity (Wildman–Crippen MR) is 108 cm³/mol. The fraction of sp³-hybridized carbons (Fsp3) is 0.273. The van der Waals surface area contributed by atoms with Crippen LogP contribution in [0.1, 0.15) is 31.2 Å².